The van der Waals surface area contributed by atoms with Crippen LogP contribution < -0.4 is 16.4 Å². The largest absolute Gasteiger partial charge is 0.368 e. The number of benzene rings is 2. The van der Waals surface area contributed by atoms with Gasteiger partial charge in [0.05, 0.1) is 0 Å². The first-order valence-corrected chi connectivity index (χ1v) is 8.63. The fourth-order valence-electron chi connectivity index (χ4n) is 3.94. The van der Waals surface area contributed by atoms with Crippen molar-refractivity contribution in [3.63, 3.8) is 0 Å². The number of amides is 3. The molecule has 1 heterocycles. The van der Waals surface area contributed by atoms with Gasteiger partial charge in [-0.3, -0.25) is 14.4 Å². The molecular formula is C20H19N3O3. The summed E-state index contributed by atoms with van der Waals surface area (Å²) in [6.45, 7) is 0. The standard InChI is InChI=1S/C20H19N3O3/c21-19(25)18(23-20(26)15-9-10-16(24)22-15)17-13-7-3-1-5-11(13)12-6-2-4-8-14(12)17/h1-8,15,17-18H,9-10H2,(H2,21,25)(H,22,24)(H,23,26)/t15-,18-/m1/s1. The van der Waals surface area contributed by atoms with Crippen LogP contribution in [0.3, 0.4) is 0 Å². The number of carbonyl (C=O) groups excluding carboxylic acids is 3. The molecule has 2 atom stereocenters. The maximum Gasteiger partial charge on any atom is 0.243 e. The Balaban J connectivity index is 1.70. The monoisotopic (exact) mass is 349 g/mol. The molecule has 1 aliphatic carbocycles. The molecule has 6 nitrogen and oxygen atoms in total. The van der Waals surface area contributed by atoms with Crippen molar-refractivity contribution >= 4 is 17.7 Å². The molecular weight excluding hydrogens is 330 g/mol. The molecule has 0 spiro atoms. The minimum Gasteiger partial charge on any atom is -0.368 e. The molecule has 4 rings (SSSR count). The summed E-state index contributed by atoms with van der Waals surface area (Å²) in [5.41, 5.74) is 9.68. The number of carbonyl (C=O) groups is 3. The third kappa shape index (κ3) is 2.63. The number of fused-ring (bicyclic) bond motifs is 3. The first kappa shape index (κ1) is 16.3. The number of rotatable bonds is 4. The summed E-state index contributed by atoms with van der Waals surface area (Å²) in [5, 5.41) is 5.40. The first-order valence-electron chi connectivity index (χ1n) is 8.63. The topological polar surface area (TPSA) is 101 Å². The minimum absolute atomic E-state index is 0.155. The summed E-state index contributed by atoms with van der Waals surface area (Å²) >= 11 is 0. The second kappa shape index (κ2) is 6.29. The van der Waals surface area contributed by atoms with Crippen molar-refractivity contribution < 1.29 is 14.4 Å². The van der Waals surface area contributed by atoms with Crippen LogP contribution in [0, 0.1) is 0 Å². The van der Waals surface area contributed by atoms with E-state index in [9.17, 15) is 14.4 Å². The zero-order chi connectivity index (χ0) is 18.3. The van der Waals surface area contributed by atoms with Crippen molar-refractivity contribution in [2.24, 2.45) is 5.73 Å². The highest BCUT2D eigenvalue weighted by molar-refractivity contribution is 5.95. The maximum absolute atomic E-state index is 12.6. The van der Waals surface area contributed by atoms with Crippen molar-refractivity contribution in [2.75, 3.05) is 0 Å². The zero-order valence-corrected chi connectivity index (χ0v) is 14.1. The Morgan fingerprint density at radius 3 is 2.12 bits per heavy atom. The smallest absolute Gasteiger partial charge is 0.243 e. The van der Waals surface area contributed by atoms with E-state index >= 15 is 0 Å². The lowest BCUT2D eigenvalue weighted by Gasteiger charge is -2.25. The third-order valence-corrected chi connectivity index (χ3v) is 5.13. The van der Waals surface area contributed by atoms with Gasteiger partial charge in [0.15, 0.2) is 0 Å². The van der Waals surface area contributed by atoms with E-state index in [-0.39, 0.29) is 17.7 Å². The Kier molecular flexibility index (Phi) is 3.95. The molecule has 3 amide bonds. The lowest BCUT2D eigenvalue weighted by atomic mass is 9.88. The van der Waals surface area contributed by atoms with Gasteiger partial charge >= 0.3 is 0 Å². The van der Waals surface area contributed by atoms with E-state index in [1.54, 1.807) is 0 Å². The second-order valence-corrected chi connectivity index (χ2v) is 6.70. The van der Waals surface area contributed by atoms with Crippen molar-refractivity contribution in [3.05, 3.63) is 59.7 Å². The molecule has 2 aliphatic rings. The van der Waals surface area contributed by atoms with Gasteiger partial charge in [0, 0.05) is 12.3 Å². The van der Waals surface area contributed by atoms with Crippen LogP contribution in [0.15, 0.2) is 48.5 Å². The molecule has 6 heteroatoms. The number of nitrogens with one attached hydrogen (secondary N) is 2. The Morgan fingerprint density at radius 2 is 1.62 bits per heavy atom. The average Bonchev–Trinajstić information content (AvgIpc) is 3.21. The quantitative estimate of drug-likeness (QED) is 0.769. The van der Waals surface area contributed by atoms with E-state index < -0.39 is 18.0 Å². The van der Waals surface area contributed by atoms with Crippen molar-refractivity contribution in [1.29, 1.82) is 0 Å². The lowest BCUT2D eigenvalue weighted by molar-refractivity contribution is -0.129. The highest BCUT2D eigenvalue weighted by Gasteiger charge is 2.39. The van der Waals surface area contributed by atoms with Crippen molar-refractivity contribution in [1.82, 2.24) is 10.6 Å². The highest BCUT2D eigenvalue weighted by Crippen LogP contribution is 2.46. The summed E-state index contributed by atoms with van der Waals surface area (Å²) in [7, 11) is 0. The van der Waals surface area contributed by atoms with E-state index in [2.05, 4.69) is 10.6 Å². The normalized spacial score (nSPS) is 19.4. The van der Waals surface area contributed by atoms with E-state index in [1.807, 2.05) is 48.5 Å². The van der Waals surface area contributed by atoms with Crippen molar-refractivity contribution in [3.8, 4) is 11.1 Å². The van der Waals surface area contributed by atoms with Crippen LogP contribution >= 0.6 is 0 Å². The van der Waals surface area contributed by atoms with E-state index in [1.165, 1.54) is 0 Å². The van der Waals surface area contributed by atoms with Gasteiger partial charge in [0.2, 0.25) is 17.7 Å². The van der Waals surface area contributed by atoms with Gasteiger partial charge in [0.1, 0.15) is 12.1 Å². The number of hydrogen-bond donors (Lipinski definition) is 3. The predicted molar refractivity (Wildman–Crippen MR) is 96.0 cm³/mol. The zero-order valence-electron chi connectivity index (χ0n) is 14.1. The lowest BCUT2D eigenvalue weighted by Crippen LogP contribution is -2.53. The van der Waals surface area contributed by atoms with E-state index in [4.69, 9.17) is 5.73 Å². The molecule has 4 N–H and O–H groups in total. The molecule has 0 unspecified atom stereocenters. The predicted octanol–water partition coefficient (Wildman–Crippen LogP) is 1.05. The molecule has 0 radical (unpaired) electrons. The summed E-state index contributed by atoms with van der Waals surface area (Å²) in [5.74, 6) is -1.47. The number of nitrogens with two attached hydrogens (primary N) is 1. The van der Waals surface area contributed by atoms with Gasteiger partial charge in [-0.1, -0.05) is 48.5 Å². The second-order valence-electron chi connectivity index (χ2n) is 6.70. The molecule has 1 fully saturated rings. The van der Waals surface area contributed by atoms with Crippen LogP contribution in [0.25, 0.3) is 11.1 Å². The molecule has 0 saturated carbocycles. The van der Waals surface area contributed by atoms with E-state index in [0.717, 1.165) is 22.3 Å². The van der Waals surface area contributed by atoms with Crippen LogP contribution in [0.1, 0.15) is 29.9 Å². The fraction of sp³-hybridized carbons (Fsp3) is 0.250. The maximum atomic E-state index is 12.6. The van der Waals surface area contributed by atoms with Crippen LogP contribution in [-0.4, -0.2) is 29.8 Å². The Labute approximate surface area is 150 Å². The van der Waals surface area contributed by atoms with Crippen LogP contribution in [0.5, 0.6) is 0 Å². The third-order valence-electron chi connectivity index (χ3n) is 5.13. The van der Waals surface area contributed by atoms with Crippen LogP contribution in [0.2, 0.25) is 0 Å². The van der Waals surface area contributed by atoms with E-state index in [0.29, 0.717) is 12.8 Å². The molecule has 2 aromatic carbocycles. The van der Waals surface area contributed by atoms with Gasteiger partial charge in [-0.25, -0.2) is 0 Å². The summed E-state index contributed by atoms with van der Waals surface area (Å²) < 4.78 is 0. The fourth-order valence-corrected chi connectivity index (χ4v) is 3.94. The molecule has 0 bridgehead atoms. The highest BCUT2D eigenvalue weighted by atomic mass is 16.2. The van der Waals surface area contributed by atoms with Crippen LogP contribution in [0.4, 0.5) is 0 Å². The van der Waals surface area contributed by atoms with Gasteiger partial charge in [-0.2, -0.15) is 0 Å². The number of primary amides is 1. The average molecular weight is 349 g/mol. The molecule has 1 aliphatic heterocycles. The van der Waals surface area contributed by atoms with Gasteiger partial charge in [-0.15, -0.1) is 0 Å². The van der Waals surface area contributed by atoms with Gasteiger partial charge in [0.25, 0.3) is 0 Å². The minimum atomic E-state index is -0.884. The van der Waals surface area contributed by atoms with Gasteiger partial charge in [-0.05, 0) is 28.7 Å². The first-order chi connectivity index (χ1) is 12.6. The molecule has 2 aromatic rings. The Morgan fingerprint density at radius 1 is 1.04 bits per heavy atom. The Hall–Kier alpha value is -3.15. The SMILES string of the molecule is NC(=O)[C@H](NC(=O)[C@H]1CCC(=O)N1)C1c2ccccc2-c2ccccc21. The summed E-state index contributed by atoms with van der Waals surface area (Å²) in [6.07, 6.45) is 0.739. The molecule has 26 heavy (non-hydrogen) atoms. The summed E-state index contributed by atoms with van der Waals surface area (Å²) in [6, 6.07) is 14.1. The van der Waals surface area contributed by atoms with Gasteiger partial charge < -0.3 is 16.4 Å². The summed E-state index contributed by atoms with van der Waals surface area (Å²) in [4.78, 5) is 36.2. The molecule has 1 saturated heterocycles. The molecule has 0 aromatic heterocycles. The van der Waals surface area contributed by atoms with Crippen LogP contribution in [-0.2, 0) is 14.4 Å². The Bertz CT molecular complexity index is 863. The molecule has 132 valence electrons. The number of hydrogen-bond acceptors (Lipinski definition) is 3. The van der Waals surface area contributed by atoms with Crippen molar-refractivity contribution in [2.45, 2.75) is 30.8 Å².